The van der Waals surface area contributed by atoms with E-state index >= 15 is 0 Å². The third-order valence-electron chi connectivity index (χ3n) is 3.41. The minimum atomic E-state index is -0.176. The summed E-state index contributed by atoms with van der Waals surface area (Å²) >= 11 is 0. The van der Waals surface area contributed by atoms with Gasteiger partial charge in [0.25, 0.3) is 0 Å². The van der Waals surface area contributed by atoms with Gasteiger partial charge in [-0.25, -0.2) is 0 Å². The molecule has 3 nitrogen and oxygen atoms in total. The smallest absolute Gasteiger partial charge is 0.222 e. The molecule has 1 aliphatic rings. The lowest BCUT2D eigenvalue weighted by Crippen LogP contribution is -2.31. The van der Waals surface area contributed by atoms with Gasteiger partial charge in [0.1, 0.15) is 0 Å². The van der Waals surface area contributed by atoms with Crippen LogP contribution in [-0.4, -0.2) is 23.9 Å². The van der Waals surface area contributed by atoms with E-state index in [0.29, 0.717) is 0 Å². The highest BCUT2D eigenvalue weighted by Gasteiger charge is 2.37. The Kier molecular flexibility index (Phi) is 3.25. The van der Waals surface area contributed by atoms with E-state index in [1.807, 2.05) is 18.2 Å². The highest BCUT2D eigenvalue weighted by molar-refractivity contribution is 5.78. The Bertz CT molecular complexity index is 363. The number of carbonyl (C=O) groups excluding carboxylic acids is 1. The molecule has 1 aliphatic heterocycles. The van der Waals surface area contributed by atoms with Crippen molar-refractivity contribution in [2.24, 2.45) is 11.7 Å². The maximum atomic E-state index is 11.4. The van der Waals surface area contributed by atoms with Crippen LogP contribution in [0, 0.1) is 5.92 Å². The number of amides is 1. The van der Waals surface area contributed by atoms with Crippen molar-refractivity contribution in [2.45, 2.75) is 19.4 Å². The summed E-state index contributed by atoms with van der Waals surface area (Å²) in [7, 11) is 0. The van der Waals surface area contributed by atoms with Crippen molar-refractivity contribution in [1.82, 2.24) is 4.90 Å². The molecule has 0 radical (unpaired) electrons. The van der Waals surface area contributed by atoms with Gasteiger partial charge in [-0.05, 0) is 25.1 Å². The van der Waals surface area contributed by atoms with Gasteiger partial charge in [0.05, 0.1) is 5.92 Å². The van der Waals surface area contributed by atoms with Gasteiger partial charge in [0.15, 0.2) is 0 Å². The zero-order valence-electron chi connectivity index (χ0n) is 9.60. The fraction of sp³-hybridized carbons (Fsp3) is 0.462. The fourth-order valence-corrected chi connectivity index (χ4v) is 2.60. The molecule has 3 heteroatoms. The fourth-order valence-electron chi connectivity index (χ4n) is 2.60. The first-order valence-electron chi connectivity index (χ1n) is 5.82. The van der Waals surface area contributed by atoms with Gasteiger partial charge in [0, 0.05) is 6.04 Å². The molecule has 1 fully saturated rings. The molecule has 0 bridgehead atoms. The molecular formula is C13H18N2O. The van der Waals surface area contributed by atoms with E-state index in [-0.39, 0.29) is 17.9 Å². The molecule has 0 saturated carbocycles. The number of carbonyl (C=O) groups is 1. The van der Waals surface area contributed by atoms with Crippen LogP contribution in [0.15, 0.2) is 30.3 Å². The summed E-state index contributed by atoms with van der Waals surface area (Å²) in [6.45, 7) is 4.05. The average molecular weight is 218 g/mol. The van der Waals surface area contributed by atoms with Crippen molar-refractivity contribution in [3.8, 4) is 0 Å². The largest absolute Gasteiger partial charge is 0.369 e. The number of nitrogens with two attached hydrogens (primary N) is 1. The molecule has 2 rings (SSSR count). The Morgan fingerprint density at radius 1 is 1.44 bits per heavy atom. The van der Waals surface area contributed by atoms with Crippen LogP contribution in [0.3, 0.4) is 0 Å². The molecule has 0 spiro atoms. The van der Waals surface area contributed by atoms with Crippen molar-refractivity contribution in [3.05, 3.63) is 35.9 Å². The van der Waals surface area contributed by atoms with Gasteiger partial charge < -0.3 is 5.73 Å². The van der Waals surface area contributed by atoms with Crippen LogP contribution in [-0.2, 0) is 4.79 Å². The molecule has 2 N–H and O–H groups in total. The van der Waals surface area contributed by atoms with Crippen molar-refractivity contribution in [3.63, 3.8) is 0 Å². The Balaban J connectivity index is 2.30. The second-order valence-corrected chi connectivity index (χ2v) is 4.28. The van der Waals surface area contributed by atoms with Crippen molar-refractivity contribution in [2.75, 3.05) is 13.1 Å². The SMILES string of the molecule is CCN1CCC(C(N)=O)C1c1ccccc1. The van der Waals surface area contributed by atoms with E-state index in [4.69, 9.17) is 5.73 Å². The molecule has 1 saturated heterocycles. The van der Waals surface area contributed by atoms with E-state index in [9.17, 15) is 4.79 Å². The lowest BCUT2D eigenvalue weighted by Gasteiger charge is -2.26. The Hall–Kier alpha value is -1.35. The molecule has 1 aromatic rings. The third kappa shape index (κ3) is 1.95. The minimum Gasteiger partial charge on any atom is -0.369 e. The number of rotatable bonds is 3. The predicted molar refractivity (Wildman–Crippen MR) is 63.7 cm³/mol. The summed E-state index contributed by atoms with van der Waals surface area (Å²) in [6, 6.07) is 10.3. The lowest BCUT2D eigenvalue weighted by atomic mass is 9.93. The number of benzene rings is 1. The zero-order valence-corrected chi connectivity index (χ0v) is 9.60. The maximum Gasteiger partial charge on any atom is 0.222 e. The Morgan fingerprint density at radius 2 is 2.12 bits per heavy atom. The summed E-state index contributed by atoms with van der Waals surface area (Å²) < 4.78 is 0. The summed E-state index contributed by atoms with van der Waals surface area (Å²) in [5.41, 5.74) is 6.68. The quantitative estimate of drug-likeness (QED) is 0.836. The van der Waals surface area contributed by atoms with E-state index < -0.39 is 0 Å². The van der Waals surface area contributed by atoms with Crippen LogP contribution in [0.4, 0.5) is 0 Å². The van der Waals surface area contributed by atoms with Gasteiger partial charge in [-0.15, -0.1) is 0 Å². The van der Waals surface area contributed by atoms with E-state index in [1.165, 1.54) is 5.56 Å². The van der Waals surface area contributed by atoms with E-state index in [2.05, 4.69) is 24.0 Å². The summed E-state index contributed by atoms with van der Waals surface area (Å²) in [4.78, 5) is 13.8. The van der Waals surface area contributed by atoms with Gasteiger partial charge >= 0.3 is 0 Å². The molecule has 86 valence electrons. The molecule has 1 amide bonds. The number of likely N-dealkylation sites (tertiary alicyclic amines) is 1. The monoisotopic (exact) mass is 218 g/mol. The van der Waals surface area contributed by atoms with E-state index in [0.717, 1.165) is 19.5 Å². The first-order valence-corrected chi connectivity index (χ1v) is 5.82. The second kappa shape index (κ2) is 4.66. The highest BCUT2D eigenvalue weighted by atomic mass is 16.1. The van der Waals surface area contributed by atoms with Crippen molar-refractivity contribution < 1.29 is 4.79 Å². The second-order valence-electron chi connectivity index (χ2n) is 4.28. The van der Waals surface area contributed by atoms with Crippen LogP contribution in [0.2, 0.25) is 0 Å². The number of hydrogen-bond acceptors (Lipinski definition) is 2. The average Bonchev–Trinajstić information content (AvgIpc) is 2.73. The molecule has 0 aliphatic carbocycles. The van der Waals surface area contributed by atoms with Crippen molar-refractivity contribution >= 4 is 5.91 Å². The number of hydrogen-bond donors (Lipinski definition) is 1. The van der Waals surface area contributed by atoms with Crippen LogP contribution >= 0.6 is 0 Å². The van der Waals surface area contributed by atoms with Crippen LogP contribution in [0.25, 0.3) is 0 Å². The zero-order chi connectivity index (χ0) is 11.5. The normalized spacial score (nSPS) is 25.8. The topological polar surface area (TPSA) is 46.3 Å². The first kappa shape index (κ1) is 11.1. The Morgan fingerprint density at radius 3 is 2.69 bits per heavy atom. The number of nitrogens with zero attached hydrogens (tertiary/aromatic N) is 1. The molecule has 0 aromatic heterocycles. The molecule has 16 heavy (non-hydrogen) atoms. The van der Waals surface area contributed by atoms with Gasteiger partial charge in [0.2, 0.25) is 5.91 Å². The summed E-state index contributed by atoms with van der Waals surface area (Å²) in [5, 5.41) is 0. The van der Waals surface area contributed by atoms with Crippen LogP contribution < -0.4 is 5.73 Å². The predicted octanol–water partition coefficient (Wildman–Crippen LogP) is 1.55. The molecule has 2 unspecified atom stereocenters. The molecule has 2 atom stereocenters. The van der Waals surface area contributed by atoms with E-state index in [1.54, 1.807) is 0 Å². The molecule has 1 aromatic carbocycles. The van der Waals surface area contributed by atoms with Gasteiger partial charge in [-0.3, -0.25) is 9.69 Å². The maximum absolute atomic E-state index is 11.4. The highest BCUT2D eigenvalue weighted by Crippen LogP contribution is 2.36. The Labute approximate surface area is 96.2 Å². The molecular weight excluding hydrogens is 200 g/mol. The minimum absolute atomic E-state index is 0.0395. The van der Waals surface area contributed by atoms with Crippen LogP contribution in [0.1, 0.15) is 24.9 Å². The third-order valence-corrected chi connectivity index (χ3v) is 3.41. The van der Waals surface area contributed by atoms with Gasteiger partial charge in [-0.1, -0.05) is 37.3 Å². The summed E-state index contributed by atoms with van der Waals surface area (Å²) in [5.74, 6) is -0.216. The van der Waals surface area contributed by atoms with Crippen molar-refractivity contribution in [1.29, 1.82) is 0 Å². The molecule has 1 heterocycles. The van der Waals surface area contributed by atoms with Gasteiger partial charge in [-0.2, -0.15) is 0 Å². The number of primary amides is 1. The summed E-state index contributed by atoms with van der Waals surface area (Å²) in [6.07, 6.45) is 0.878. The van der Waals surface area contributed by atoms with Crippen LogP contribution in [0.5, 0.6) is 0 Å². The first-order chi connectivity index (χ1) is 7.74. The standard InChI is InChI=1S/C13H18N2O/c1-2-15-9-8-11(13(14)16)12(15)10-6-4-3-5-7-10/h3-7,11-12H,2,8-9H2,1H3,(H2,14,16). The lowest BCUT2D eigenvalue weighted by molar-refractivity contribution is -0.122.